The van der Waals surface area contributed by atoms with Crippen LogP contribution in [-0.2, 0) is 0 Å². The van der Waals surface area contributed by atoms with Gasteiger partial charge >= 0.3 is 0 Å². The van der Waals surface area contributed by atoms with Gasteiger partial charge in [-0.15, -0.1) is 0 Å². The molecule has 0 aliphatic carbocycles. The molecule has 0 radical (unpaired) electrons. The van der Waals surface area contributed by atoms with Gasteiger partial charge in [0.25, 0.3) is 0 Å². The van der Waals surface area contributed by atoms with Crippen molar-refractivity contribution in [1.82, 2.24) is 0 Å². The second-order valence-corrected chi connectivity index (χ2v) is 2.73. The number of hydrogen-bond acceptors (Lipinski definition) is 1. The number of nitrogens with zero attached hydrogens (tertiary/aromatic N) is 1. The molecule has 0 saturated heterocycles. The molecule has 1 rings (SSSR count). The first-order chi connectivity index (χ1) is 4.70. The van der Waals surface area contributed by atoms with Gasteiger partial charge in [-0.25, -0.2) is 0 Å². The number of rotatable bonds is 1. The molecule has 0 aliphatic heterocycles. The van der Waals surface area contributed by atoms with Crippen molar-refractivity contribution in [2.24, 2.45) is 0 Å². The van der Waals surface area contributed by atoms with E-state index < -0.39 is 0 Å². The Bertz CT molecular complexity index is 203. The Morgan fingerprint density at radius 3 is 2.00 bits per heavy atom. The Morgan fingerprint density at radius 1 is 1.10 bits per heavy atom. The molecule has 0 atom stereocenters. The lowest BCUT2D eigenvalue weighted by Gasteiger charge is -2.11. The largest absolute Gasteiger partial charge is 0.378 e. The first-order valence-corrected chi connectivity index (χ1v) is 3.44. The molecule has 0 saturated carbocycles. The molecule has 1 aromatic rings. The molecule has 1 heteroatoms. The summed E-state index contributed by atoms with van der Waals surface area (Å²) in [6.07, 6.45) is 0. The Balaban J connectivity index is 0.000001000. The van der Waals surface area contributed by atoms with Gasteiger partial charge in [0.15, 0.2) is 0 Å². The Hall–Kier alpha value is -0.980. The van der Waals surface area contributed by atoms with E-state index in [0.29, 0.717) is 0 Å². The summed E-state index contributed by atoms with van der Waals surface area (Å²) >= 11 is 0. The average molecular weight is 138 g/mol. The van der Waals surface area contributed by atoms with E-state index in [1.807, 2.05) is 14.1 Å². The predicted molar refractivity (Wildman–Crippen MR) is 47.6 cm³/mol. The van der Waals surface area contributed by atoms with Gasteiger partial charge < -0.3 is 4.90 Å². The number of aryl methyl sites for hydroxylation is 1. The minimum Gasteiger partial charge on any atom is -0.378 e. The van der Waals surface area contributed by atoms with Crippen LogP contribution in [0.4, 0.5) is 5.69 Å². The molecule has 0 bridgehead atoms. The van der Waals surface area contributed by atoms with Crippen molar-refractivity contribution in [3.63, 3.8) is 0 Å². The molecule has 0 fully saturated rings. The molecule has 0 spiro atoms. The van der Waals surface area contributed by atoms with Gasteiger partial charge in [0, 0.05) is 21.2 Å². The third-order valence-corrected chi connectivity index (χ3v) is 1.55. The van der Waals surface area contributed by atoms with Crippen LogP contribution in [0.5, 0.6) is 0 Å². The fourth-order valence-electron chi connectivity index (χ4n) is 0.843. The van der Waals surface area contributed by atoms with Crippen LogP contribution >= 0.6 is 0 Å². The highest BCUT2D eigenvalue weighted by Gasteiger charge is 1.90. The minimum absolute atomic E-state index is 0. The fourth-order valence-corrected chi connectivity index (χ4v) is 0.843. The van der Waals surface area contributed by atoms with Crippen LogP contribution in [0.1, 0.15) is 6.99 Å². The van der Waals surface area contributed by atoms with Crippen LogP contribution in [0, 0.1) is 6.92 Å². The van der Waals surface area contributed by atoms with E-state index >= 15 is 0 Å². The SMILES string of the molecule is Cc1ccc(N(C)C)cc1.[2HH]. The highest BCUT2D eigenvalue weighted by Crippen LogP contribution is 2.10. The van der Waals surface area contributed by atoms with Gasteiger partial charge in [-0.2, -0.15) is 0 Å². The summed E-state index contributed by atoms with van der Waals surface area (Å²) < 4.78 is 0. The van der Waals surface area contributed by atoms with Crippen LogP contribution < -0.4 is 4.90 Å². The lowest BCUT2D eigenvalue weighted by atomic mass is 10.2. The van der Waals surface area contributed by atoms with Crippen molar-refractivity contribution in [1.29, 1.82) is 0 Å². The molecule has 0 aromatic heterocycles. The lowest BCUT2D eigenvalue weighted by Crippen LogP contribution is -2.07. The van der Waals surface area contributed by atoms with Gasteiger partial charge in [-0.1, -0.05) is 17.7 Å². The second-order valence-electron chi connectivity index (χ2n) is 2.73. The summed E-state index contributed by atoms with van der Waals surface area (Å²) in [5, 5.41) is 0. The second kappa shape index (κ2) is 2.74. The molecule has 0 heterocycles. The molecule has 1 aromatic carbocycles. The van der Waals surface area contributed by atoms with Crippen molar-refractivity contribution in [3.8, 4) is 0 Å². The molecule has 1 nitrogen and oxygen atoms in total. The van der Waals surface area contributed by atoms with Crippen LogP contribution in [0.2, 0.25) is 0 Å². The van der Waals surface area contributed by atoms with E-state index in [9.17, 15) is 0 Å². The lowest BCUT2D eigenvalue weighted by molar-refractivity contribution is 1.13. The Morgan fingerprint density at radius 2 is 1.60 bits per heavy atom. The number of benzene rings is 1. The molecule has 0 aliphatic rings. The third kappa shape index (κ3) is 1.50. The van der Waals surface area contributed by atoms with Gasteiger partial charge in [-0.05, 0) is 19.1 Å². The van der Waals surface area contributed by atoms with E-state index in [4.69, 9.17) is 0 Å². The number of hydrogen-bond donors (Lipinski definition) is 0. The zero-order valence-electron chi connectivity index (χ0n) is 6.76. The van der Waals surface area contributed by atoms with E-state index in [1.54, 1.807) is 0 Å². The van der Waals surface area contributed by atoms with Gasteiger partial charge in [0.05, 0.1) is 0 Å². The van der Waals surface area contributed by atoms with Crippen LogP contribution in [0.3, 0.4) is 0 Å². The summed E-state index contributed by atoms with van der Waals surface area (Å²) in [6, 6.07) is 8.48. The maximum atomic E-state index is 2.12. The molecular formula is C9H15N. The fraction of sp³-hybridized carbons (Fsp3) is 0.333. The molecular weight excluding hydrogens is 122 g/mol. The first kappa shape index (κ1) is 7.13. The summed E-state index contributed by atoms with van der Waals surface area (Å²) in [5.41, 5.74) is 2.57. The summed E-state index contributed by atoms with van der Waals surface area (Å²) in [7, 11) is 4.09. The quantitative estimate of drug-likeness (QED) is 0.575. The maximum Gasteiger partial charge on any atom is 0.0361 e. The van der Waals surface area contributed by atoms with Crippen molar-refractivity contribution < 1.29 is 1.43 Å². The Labute approximate surface area is 63.8 Å². The highest BCUT2D eigenvalue weighted by molar-refractivity contribution is 5.45. The summed E-state index contributed by atoms with van der Waals surface area (Å²) in [6.45, 7) is 2.10. The molecule has 0 unspecified atom stereocenters. The standard InChI is InChI=1S/C9H13N.H2/c1-8-4-6-9(7-5-8)10(2)3;/h4-7H,1-3H3;1H/i;1+1. The third-order valence-electron chi connectivity index (χ3n) is 1.55. The summed E-state index contributed by atoms with van der Waals surface area (Å²) in [4.78, 5) is 2.10. The van der Waals surface area contributed by atoms with Crippen molar-refractivity contribution >= 4 is 5.69 Å². The van der Waals surface area contributed by atoms with Crippen molar-refractivity contribution in [3.05, 3.63) is 29.8 Å². The molecule has 0 amide bonds. The van der Waals surface area contributed by atoms with E-state index in [2.05, 4.69) is 36.1 Å². The van der Waals surface area contributed by atoms with Gasteiger partial charge in [-0.3, -0.25) is 0 Å². The van der Waals surface area contributed by atoms with Gasteiger partial charge in [0.1, 0.15) is 0 Å². The average Bonchev–Trinajstić information content (AvgIpc) is 1.88. The molecule has 56 valence electrons. The van der Waals surface area contributed by atoms with E-state index in [0.717, 1.165) is 0 Å². The van der Waals surface area contributed by atoms with Crippen LogP contribution in [0.15, 0.2) is 24.3 Å². The first-order valence-electron chi connectivity index (χ1n) is 3.44. The summed E-state index contributed by atoms with van der Waals surface area (Å²) in [5.74, 6) is 0. The monoisotopic (exact) mass is 138 g/mol. The van der Waals surface area contributed by atoms with Crippen LogP contribution in [0.25, 0.3) is 0 Å². The smallest absolute Gasteiger partial charge is 0.0361 e. The normalized spacial score (nSPS) is 9.50. The molecule has 0 N–H and O–H groups in total. The van der Waals surface area contributed by atoms with E-state index in [-0.39, 0.29) is 1.43 Å². The van der Waals surface area contributed by atoms with Crippen molar-refractivity contribution in [2.75, 3.05) is 19.0 Å². The van der Waals surface area contributed by atoms with Crippen LogP contribution in [-0.4, -0.2) is 14.1 Å². The molecule has 10 heavy (non-hydrogen) atoms. The predicted octanol–water partition coefficient (Wildman–Crippen LogP) is 2.31. The number of anilines is 1. The Kier molecular flexibility index (Phi) is 1.95. The highest BCUT2D eigenvalue weighted by atomic mass is 15.1. The van der Waals surface area contributed by atoms with Gasteiger partial charge in [0.2, 0.25) is 0 Å². The minimum atomic E-state index is 0. The zero-order valence-corrected chi connectivity index (χ0v) is 6.76. The topological polar surface area (TPSA) is 3.24 Å². The maximum absolute atomic E-state index is 2.12. The van der Waals surface area contributed by atoms with E-state index in [1.165, 1.54) is 11.3 Å². The zero-order chi connectivity index (χ0) is 7.56. The van der Waals surface area contributed by atoms with Crippen molar-refractivity contribution in [2.45, 2.75) is 6.92 Å².